The van der Waals surface area contributed by atoms with Crippen LogP contribution in [0.25, 0.3) is 11.0 Å². The number of nitrogens with one attached hydrogen (secondary N) is 1. The summed E-state index contributed by atoms with van der Waals surface area (Å²) in [6, 6.07) is 3.72. The number of hydrogen-bond acceptors (Lipinski definition) is 6. The Labute approximate surface area is 104 Å². The van der Waals surface area contributed by atoms with Gasteiger partial charge in [0.1, 0.15) is 0 Å². The van der Waals surface area contributed by atoms with Crippen molar-refractivity contribution < 1.29 is 4.63 Å². The van der Waals surface area contributed by atoms with Crippen molar-refractivity contribution in [2.75, 3.05) is 29.6 Å². The summed E-state index contributed by atoms with van der Waals surface area (Å²) >= 11 is 1.85. The molecule has 0 amide bonds. The van der Waals surface area contributed by atoms with E-state index >= 15 is 0 Å². The number of rotatable bonds is 5. The summed E-state index contributed by atoms with van der Waals surface area (Å²) in [5, 5.41) is 11.0. The van der Waals surface area contributed by atoms with Gasteiger partial charge in [-0.2, -0.15) is 11.8 Å². The first kappa shape index (κ1) is 12.0. The van der Waals surface area contributed by atoms with Gasteiger partial charge in [-0.3, -0.25) is 0 Å². The molecule has 5 nitrogen and oxygen atoms in total. The highest BCUT2D eigenvalue weighted by atomic mass is 32.2. The maximum atomic E-state index is 5.78. The fraction of sp³-hybridized carbons (Fsp3) is 0.455. The van der Waals surface area contributed by atoms with E-state index in [0.29, 0.717) is 22.6 Å². The summed E-state index contributed by atoms with van der Waals surface area (Å²) in [5.41, 5.74) is 8.60. The Hall–Kier alpha value is -1.43. The predicted octanol–water partition coefficient (Wildman–Crippen LogP) is 2.22. The van der Waals surface area contributed by atoms with Crippen molar-refractivity contribution in [3.8, 4) is 0 Å². The van der Waals surface area contributed by atoms with Crippen molar-refractivity contribution in [3.05, 3.63) is 12.1 Å². The molecule has 92 valence electrons. The number of nitrogens with two attached hydrogens (primary N) is 1. The van der Waals surface area contributed by atoms with Crippen LogP contribution in [0.4, 0.5) is 11.4 Å². The average molecular weight is 252 g/mol. The molecule has 1 atom stereocenters. The lowest BCUT2D eigenvalue weighted by atomic mass is 10.2. The van der Waals surface area contributed by atoms with E-state index in [9.17, 15) is 0 Å². The Bertz CT molecular complexity index is 499. The van der Waals surface area contributed by atoms with Crippen LogP contribution in [0.1, 0.15) is 6.92 Å². The smallest absolute Gasteiger partial charge is 0.160 e. The van der Waals surface area contributed by atoms with Gasteiger partial charge in [-0.1, -0.05) is 6.92 Å². The first-order valence-corrected chi connectivity index (χ1v) is 6.85. The zero-order valence-corrected chi connectivity index (χ0v) is 10.8. The molecule has 0 saturated heterocycles. The lowest BCUT2D eigenvalue weighted by Crippen LogP contribution is -2.13. The molecule has 1 unspecified atom stereocenters. The maximum absolute atomic E-state index is 5.78. The van der Waals surface area contributed by atoms with Gasteiger partial charge in [-0.15, -0.1) is 0 Å². The van der Waals surface area contributed by atoms with E-state index in [4.69, 9.17) is 10.4 Å². The second-order valence-corrected chi connectivity index (χ2v) is 5.02. The Morgan fingerprint density at radius 2 is 2.18 bits per heavy atom. The quantitative estimate of drug-likeness (QED) is 0.794. The zero-order chi connectivity index (χ0) is 12.3. The number of benzene rings is 1. The molecule has 0 aliphatic heterocycles. The van der Waals surface area contributed by atoms with Gasteiger partial charge in [0.25, 0.3) is 0 Å². The number of nitrogens with zero attached hydrogens (tertiary/aromatic N) is 2. The standard InChI is InChI=1S/C11H16N4OS/c1-7(6-17-2)5-13-9-4-3-8(12)10-11(9)15-16-14-10/h3-4,7,13H,5-6,12H2,1-2H3. The van der Waals surface area contributed by atoms with Crippen LogP contribution < -0.4 is 11.1 Å². The lowest BCUT2D eigenvalue weighted by molar-refractivity contribution is 0.315. The first-order valence-electron chi connectivity index (χ1n) is 5.46. The fourth-order valence-electron chi connectivity index (χ4n) is 1.66. The van der Waals surface area contributed by atoms with Gasteiger partial charge in [-0.05, 0) is 40.4 Å². The van der Waals surface area contributed by atoms with Crippen molar-refractivity contribution in [2.45, 2.75) is 6.92 Å². The molecule has 0 bridgehead atoms. The van der Waals surface area contributed by atoms with Crippen LogP contribution in [0.5, 0.6) is 0 Å². The van der Waals surface area contributed by atoms with Gasteiger partial charge in [0, 0.05) is 6.54 Å². The molecule has 17 heavy (non-hydrogen) atoms. The highest BCUT2D eigenvalue weighted by molar-refractivity contribution is 7.98. The van der Waals surface area contributed by atoms with Gasteiger partial charge in [0.15, 0.2) is 11.0 Å². The van der Waals surface area contributed by atoms with E-state index in [1.54, 1.807) is 0 Å². The topological polar surface area (TPSA) is 77.0 Å². The van der Waals surface area contributed by atoms with Gasteiger partial charge in [0.05, 0.1) is 11.4 Å². The van der Waals surface area contributed by atoms with E-state index in [1.807, 2.05) is 23.9 Å². The Morgan fingerprint density at radius 1 is 1.41 bits per heavy atom. The Kier molecular flexibility index (Phi) is 3.73. The minimum absolute atomic E-state index is 0.587. The van der Waals surface area contributed by atoms with E-state index in [2.05, 4.69) is 28.8 Å². The zero-order valence-electron chi connectivity index (χ0n) is 9.93. The summed E-state index contributed by atoms with van der Waals surface area (Å²) in [6.07, 6.45) is 2.11. The van der Waals surface area contributed by atoms with Crippen LogP contribution >= 0.6 is 11.8 Å². The van der Waals surface area contributed by atoms with Gasteiger partial charge in [0.2, 0.25) is 0 Å². The highest BCUT2D eigenvalue weighted by Gasteiger charge is 2.10. The van der Waals surface area contributed by atoms with Crippen LogP contribution in [0.2, 0.25) is 0 Å². The van der Waals surface area contributed by atoms with Crippen molar-refractivity contribution in [3.63, 3.8) is 0 Å². The molecular formula is C11H16N4OS. The number of thioether (sulfide) groups is 1. The number of aromatic nitrogens is 2. The van der Waals surface area contributed by atoms with Crippen molar-refractivity contribution in [1.29, 1.82) is 0 Å². The highest BCUT2D eigenvalue weighted by Crippen LogP contribution is 2.25. The minimum atomic E-state index is 0.587. The normalized spacial score (nSPS) is 12.8. The molecule has 1 heterocycles. The van der Waals surface area contributed by atoms with Crippen LogP contribution in [0, 0.1) is 5.92 Å². The summed E-state index contributed by atoms with van der Waals surface area (Å²) in [7, 11) is 0. The third-order valence-electron chi connectivity index (χ3n) is 2.54. The van der Waals surface area contributed by atoms with E-state index < -0.39 is 0 Å². The molecule has 6 heteroatoms. The molecule has 1 aromatic carbocycles. The number of anilines is 2. The molecule has 0 radical (unpaired) electrons. The maximum Gasteiger partial charge on any atom is 0.160 e. The second kappa shape index (κ2) is 5.27. The van der Waals surface area contributed by atoms with E-state index in [1.165, 1.54) is 0 Å². The molecule has 0 spiro atoms. The average Bonchev–Trinajstić information content (AvgIpc) is 2.78. The molecule has 0 aliphatic rings. The molecule has 1 aromatic heterocycles. The SMILES string of the molecule is CSCC(C)CNc1ccc(N)c2nonc12. The van der Waals surface area contributed by atoms with Crippen LogP contribution in [-0.4, -0.2) is 28.9 Å². The summed E-state index contributed by atoms with van der Waals surface area (Å²) in [4.78, 5) is 0. The molecule has 3 N–H and O–H groups in total. The summed E-state index contributed by atoms with van der Waals surface area (Å²) in [6.45, 7) is 3.10. The van der Waals surface area contributed by atoms with Gasteiger partial charge < -0.3 is 11.1 Å². The monoisotopic (exact) mass is 252 g/mol. The van der Waals surface area contributed by atoms with Crippen molar-refractivity contribution >= 4 is 34.2 Å². The minimum Gasteiger partial charge on any atom is -0.397 e. The number of hydrogen-bond donors (Lipinski definition) is 2. The molecule has 0 aliphatic carbocycles. The number of nitrogen functional groups attached to an aromatic ring is 1. The van der Waals surface area contributed by atoms with E-state index in [-0.39, 0.29) is 0 Å². The first-order chi connectivity index (χ1) is 8.22. The van der Waals surface area contributed by atoms with Crippen LogP contribution in [0.15, 0.2) is 16.8 Å². The van der Waals surface area contributed by atoms with E-state index in [0.717, 1.165) is 18.0 Å². The fourth-order valence-corrected chi connectivity index (χ4v) is 2.34. The van der Waals surface area contributed by atoms with Crippen molar-refractivity contribution in [1.82, 2.24) is 10.3 Å². The Morgan fingerprint density at radius 3 is 2.94 bits per heavy atom. The summed E-state index contributed by atoms with van der Waals surface area (Å²) in [5.74, 6) is 1.72. The summed E-state index contributed by atoms with van der Waals surface area (Å²) < 4.78 is 4.72. The molecule has 2 aromatic rings. The third-order valence-corrected chi connectivity index (χ3v) is 3.44. The van der Waals surface area contributed by atoms with Crippen LogP contribution in [0.3, 0.4) is 0 Å². The third kappa shape index (κ3) is 2.63. The molecular weight excluding hydrogens is 236 g/mol. The van der Waals surface area contributed by atoms with Crippen LogP contribution in [-0.2, 0) is 0 Å². The largest absolute Gasteiger partial charge is 0.397 e. The Balaban J connectivity index is 2.13. The lowest BCUT2D eigenvalue weighted by Gasteiger charge is -2.12. The molecule has 0 fully saturated rings. The number of fused-ring (bicyclic) bond motifs is 1. The van der Waals surface area contributed by atoms with Gasteiger partial charge in [-0.25, -0.2) is 4.63 Å². The molecule has 0 saturated carbocycles. The predicted molar refractivity (Wildman–Crippen MR) is 72.3 cm³/mol. The van der Waals surface area contributed by atoms with Crippen molar-refractivity contribution in [2.24, 2.45) is 5.92 Å². The van der Waals surface area contributed by atoms with Gasteiger partial charge >= 0.3 is 0 Å². The second-order valence-electron chi connectivity index (χ2n) is 4.11. The molecule has 2 rings (SSSR count).